The van der Waals surface area contributed by atoms with E-state index in [0.717, 1.165) is 26.9 Å². The fourth-order valence-electron chi connectivity index (χ4n) is 2.23. The maximum Gasteiger partial charge on any atom is 0.199 e. The van der Waals surface area contributed by atoms with Gasteiger partial charge >= 0.3 is 0 Å². The van der Waals surface area contributed by atoms with Gasteiger partial charge in [0.25, 0.3) is 0 Å². The Hall–Kier alpha value is -1.53. The van der Waals surface area contributed by atoms with Gasteiger partial charge in [0.2, 0.25) is 0 Å². The first-order valence-electron chi connectivity index (χ1n) is 6.30. The smallest absolute Gasteiger partial charge is 0.199 e. The first-order chi connectivity index (χ1) is 9.58. The number of nitrogens with zero attached hydrogens (tertiary/aromatic N) is 3. The summed E-state index contributed by atoms with van der Waals surface area (Å²) < 4.78 is 3.51. The van der Waals surface area contributed by atoms with Gasteiger partial charge in [-0.05, 0) is 40.3 Å². The molecule has 1 aromatic carbocycles. The van der Waals surface area contributed by atoms with Crippen molar-refractivity contribution in [2.45, 2.75) is 19.8 Å². The highest BCUT2D eigenvalue weighted by atomic mass is 79.9. The van der Waals surface area contributed by atoms with Gasteiger partial charge in [0, 0.05) is 22.0 Å². The molecule has 0 aliphatic carbocycles. The molecule has 2 heterocycles. The number of fused-ring (bicyclic) bond motifs is 1. The number of hydrogen-bond donors (Lipinski definition) is 1. The van der Waals surface area contributed by atoms with Gasteiger partial charge in [-0.15, -0.1) is 0 Å². The summed E-state index contributed by atoms with van der Waals surface area (Å²) in [7, 11) is 0. The third kappa shape index (κ3) is 2.19. The van der Waals surface area contributed by atoms with Crippen molar-refractivity contribution in [1.29, 1.82) is 0 Å². The molecule has 0 bridgehead atoms. The fraction of sp³-hybridized carbons (Fsp3) is 0.214. The Labute approximate surface area is 130 Å². The highest BCUT2D eigenvalue weighted by Crippen LogP contribution is 2.25. The second-order valence-corrected chi connectivity index (χ2v) is 6.18. The number of aromatic nitrogens is 4. The average molecular weight is 349 g/mol. The van der Waals surface area contributed by atoms with Gasteiger partial charge in [0.1, 0.15) is 5.82 Å². The molecule has 0 fully saturated rings. The molecule has 0 amide bonds. The number of para-hydroxylation sites is 1. The maximum absolute atomic E-state index is 5.37. The van der Waals surface area contributed by atoms with E-state index in [1.165, 1.54) is 0 Å². The summed E-state index contributed by atoms with van der Waals surface area (Å²) in [5.41, 5.74) is 1.87. The van der Waals surface area contributed by atoms with Crippen molar-refractivity contribution in [1.82, 2.24) is 19.7 Å². The zero-order valence-corrected chi connectivity index (χ0v) is 13.5. The Morgan fingerprint density at radius 1 is 1.35 bits per heavy atom. The van der Waals surface area contributed by atoms with Crippen LogP contribution in [0.3, 0.4) is 0 Å². The van der Waals surface area contributed by atoms with Crippen LogP contribution in [0.25, 0.3) is 16.6 Å². The quantitative estimate of drug-likeness (QED) is 0.699. The molecule has 0 radical (unpaired) electrons. The Morgan fingerprint density at radius 2 is 2.15 bits per heavy atom. The number of nitrogens with one attached hydrogen (secondary N) is 1. The van der Waals surface area contributed by atoms with E-state index in [1.807, 2.05) is 28.8 Å². The van der Waals surface area contributed by atoms with Crippen LogP contribution >= 0.6 is 28.1 Å². The second-order valence-electron chi connectivity index (χ2n) is 4.88. The summed E-state index contributed by atoms with van der Waals surface area (Å²) in [5.74, 6) is 1.18. The highest BCUT2D eigenvalue weighted by Gasteiger charge is 2.14. The van der Waals surface area contributed by atoms with Gasteiger partial charge < -0.3 is 0 Å². The van der Waals surface area contributed by atoms with Crippen molar-refractivity contribution >= 4 is 39.1 Å². The van der Waals surface area contributed by atoms with Gasteiger partial charge in [-0.25, -0.2) is 0 Å². The number of pyridine rings is 1. The van der Waals surface area contributed by atoms with Gasteiger partial charge in [-0.2, -0.15) is 5.10 Å². The Bertz CT molecular complexity index is 835. The molecule has 0 saturated heterocycles. The molecule has 4 nitrogen and oxygen atoms in total. The monoisotopic (exact) mass is 348 g/mol. The predicted octanol–water partition coefficient (Wildman–Crippen LogP) is 4.36. The third-order valence-electron chi connectivity index (χ3n) is 3.11. The molecule has 0 aliphatic heterocycles. The lowest BCUT2D eigenvalue weighted by Gasteiger charge is -2.11. The van der Waals surface area contributed by atoms with Crippen LogP contribution in [-0.4, -0.2) is 19.7 Å². The van der Waals surface area contributed by atoms with Gasteiger partial charge in [-0.1, -0.05) is 26.0 Å². The number of benzene rings is 1. The lowest BCUT2D eigenvalue weighted by Crippen LogP contribution is -2.04. The largest absolute Gasteiger partial charge is 0.270 e. The highest BCUT2D eigenvalue weighted by molar-refractivity contribution is 9.10. The fourth-order valence-corrected chi connectivity index (χ4v) is 2.81. The minimum Gasteiger partial charge on any atom is -0.270 e. The lowest BCUT2D eigenvalue weighted by molar-refractivity contribution is 0.745. The van der Waals surface area contributed by atoms with Crippen molar-refractivity contribution in [3.63, 3.8) is 0 Å². The van der Waals surface area contributed by atoms with Crippen LogP contribution in [0, 0.1) is 4.77 Å². The van der Waals surface area contributed by atoms with Crippen molar-refractivity contribution in [3.8, 4) is 5.69 Å². The molecule has 6 heteroatoms. The van der Waals surface area contributed by atoms with Crippen LogP contribution in [0.15, 0.2) is 34.9 Å². The van der Waals surface area contributed by atoms with Crippen LogP contribution in [0.2, 0.25) is 0 Å². The molecule has 102 valence electrons. The number of halogens is 1. The van der Waals surface area contributed by atoms with Crippen LogP contribution < -0.4 is 0 Å². The third-order valence-corrected chi connectivity index (χ3v) is 3.82. The minimum atomic E-state index is 0.272. The summed E-state index contributed by atoms with van der Waals surface area (Å²) >= 11 is 8.82. The number of rotatable bonds is 2. The SMILES string of the molecule is CC(C)c1n[nH]c(=S)n1-c1cccc2cc(Br)cnc12. The number of hydrogen-bond acceptors (Lipinski definition) is 3. The first-order valence-corrected chi connectivity index (χ1v) is 7.50. The average Bonchev–Trinajstić information content (AvgIpc) is 2.79. The number of aromatic amines is 1. The van der Waals surface area contributed by atoms with Crippen molar-refractivity contribution in [2.75, 3.05) is 0 Å². The van der Waals surface area contributed by atoms with E-state index >= 15 is 0 Å². The summed E-state index contributed by atoms with van der Waals surface area (Å²) in [4.78, 5) is 4.52. The Morgan fingerprint density at radius 3 is 2.90 bits per heavy atom. The van der Waals surface area contributed by atoms with E-state index in [4.69, 9.17) is 12.2 Å². The summed E-state index contributed by atoms with van der Waals surface area (Å²) in [6.07, 6.45) is 1.80. The van der Waals surface area contributed by atoms with E-state index < -0.39 is 0 Å². The van der Waals surface area contributed by atoms with Crippen LogP contribution in [-0.2, 0) is 0 Å². The van der Waals surface area contributed by atoms with E-state index in [-0.39, 0.29) is 5.92 Å². The van der Waals surface area contributed by atoms with Gasteiger partial charge in [0.15, 0.2) is 4.77 Å². The van der Waals surface area contributed by atoms with Crippen molar-refractivity contribution in [2.24, 2.45) is 0 Å². The molecule has 3 aromatic rings. The van der Waals surface area contributed by atoms with Gasteiger partial charge in [-0.3, -0.25) is 14.6 Å². The molecule has 0 aliphatic rings. The summed E-state index contributed by atoms with van der Waals surface area (Å²) in [5, 5.41) is 8.26. The number of H-pyrrole nitrogens is 1. The van der Waals surface area contributed by atoms with E-state index in [0.29, 0.717) is 4.77 Å². The van der Waals surface area contributed by atoms with Crippen LogP contribution in [0.4, 0.5) is 0 Å². The second kappa shape index (κ2) is 5.10. The molecule has 0 spiro atoms. The standard InChI is InChI=1S/C14H13BrN4S/c1-8(2)13-17-18-14(20)19(13)11-5-3-4-9-6-10(15)7-16-12(9)11/h3-8H,1-2H3,(H,18,20). The van der Waals surface area contributed by atoms with E-state index in [1.54, 1.807) is 6.20 Å². The van der Waals surface area contributed by atoms with Crippen molar-refractivity contribution < 1.29 is 0 Å². The topological polar surface area (TPSA) is 46.5 Å². The summed E-state index contributed by atoms with van der Waals surface area (Å²) in [6.45, 7) is 4.19. The first kappa shape index (κ1) is 13.5. The van der Waals surface area contributed by atoms with Crippen LogP contribution in [0.5, 0.6) is 0 Å². The Balaban J connectivity index is 2.36. The Kier molecular flexibility index (Phi) is 3.43. The molecular formula is C14H13BrN4S. The summed E-state index contributed by atoms with van der Waals surface area (Å²) in [6, 6.07) is 8.10. The predicted molar refractivity (Wildman–Crippen MR) is 85.8 cm³/mol. The van der Waals surface area contributed by atoms with E-state index in [9.17, 15) is 0 Å². The molecular weight excluding hydrogens is 336 g/mol. The van der Waals surface area contributed by atoms with E-state index in [2.05, 4.69) is 45.0 Å². The normalized spacial score (nSPS) is 11.4. The maximum atomic E-state index is 5.37. The molecule has 1 N–H and O–H groups in total. The van der Waals surface area contributed by atoms with Crippen LogP contribution in [0.1, 0.15) is 25.6 Å². The minimum absolute atomic E-state index is 0.272. The molecule has 0 atom stereocenters. The molecule has 0 saturated carbocycles. The molecule has 20 heavy (non-hydrogen) atoms. The molecule has 2 aromatic heterocycles. The molecule has 0 unspecified atom stereocenters. The van der Waals surface area contributed by atoms with Crippen molar-refractivity contribution in [3.05, 3.63) is 45.5 Å². The lowest BCUT2D eigenvalue weighted by atomic mass is 10.1. The van der Waals surface area contributed by atoms with Gasteiger partial charge in [0.05, 0.1) is 11.2 Å². The zero-order valence-electron chi connectivity index (χ0n) is 11.1. The molecule has 3 rings (SSSR count). The zero-order chi connectivity index (χ0) is 14.3.